The molecule has 0 aliphatic heterocycles. The molecule has 186 valence electrons. The van der Waals surface area contributed by atoms with Crippen LogP contribution in [0.25, 0.3) is 0 Å². The van der Waals surface area contributed by atoms with E-state index in [0.717, 1.165) is 26.5 Å². The number of rotatable bonds is 9. The third-order valence-electron chi connectivity index (χ3n) is 6.00. The average molecular weight is 522 g/mol. The van der Waals surface area contributed by atoms with Gasteiger partial charge in [0.2, 0.25) is 11.8 Å². The Hall–Kier alpha value is -3.33. The number of nitrogens with zero attached hydrogens (tertiary/aromatic N) is 1. The van der Waals surface area contributed by atoms with Gasteiger partial charge in [-0.2, -0.15) is 0 Å². The Kier molecular flexibility index (Phi) is 7.98. The molecular weight excluding hydrogens is 494 g/mol. The van der Waals surface area contributed by atoms with Crippen LogP contribution in [-0.4, -0.2) is 38.5 Å². The summed E-state index contributed by atoms with van der Waals surface area (Å²) in [5.74, 6) is -1.32. The largest absolute Gasteiger partial charge is 0.492 e. The van der Waals surface area contributed by atoms with Gasteiger partial charge in [-0.05, 0) is 65.5 Å². The van der Waals surface area contributed by atoms with Crippen molar-refractivity contribution in [2.75, 3.05) is 12.5 Å². The molecule has 0 saturated carbocycles. The van der Waals surface area contributed by atoms with Crippen LogP contribution in [0.2, 0.25) is 0 Å². The van der Waals surface area contributed by atoms with E-state index in [1.54, 1.807) is 23.5 Å². The summed E-state index contributed by atoms with van der Waals surface area (Å²) in [5, 5.41) is 31.4. The summed E-state index contributed by atoms with van der Waals surface area (Å²) in [4.78, 5) is 19.4. The second-order valence-corrected chi connectivity index (χ2v) is 9.93. The first-order valence-corrected chi connectivity index (χ1v) is 13.7. The molecule has 0 fully saturated rings. The molecule has 1 heterocycles. The van der Waals surface area contributed by atoms with Gasteiger partial charge >= 0.3 is 5.97 Å². The predicted octanol–water partition coefficient (Wildman–Crippen LogP) is 5.22. The smallest absolute Gasteiger partial charge is 0.333 e. The highest BCUT2D eigenvalue weighted by Crippen LogP contribution is 2.38. The van der Waals surface area contributed by atoms with Crippen molar-refractivity contribution in [2.45, 2.75) is 28.2 Å². The summed E-state index contributed by atoms with van der Waals surface area (Å²) in [6.45, 7) is 0. The molecule has 0 amide bonds. The van der Waals surface area contributed by atoms with Crippen LogP contribution >= 0.6 is 23.5 Å². The molecule has 0 aliphatic carbocycles. The maximum Gasteiger partial charge on any atom is 0.333 e. The summed E-state index contributed by atoms with van der Waals surface area (Å²) in [6, 6.07) is 25.8. The van der Waals surface area contributed by atoms with Gasteiger partial charge in [-0.15, -0.1) is 28.3 Å². The monoisotopic (exact) mass is 521 g/mol. The fraction of sp³-hybridized carbons (Fsp3) is 0.179. The van der Waals surface area contributed by atoms with E-state index in [1.807, 2.05) is 85.3 Å². The van der Waals surface area contributed by atoms with Gasteiger partial charge in [0.15, 0.2) is 0 Å². The van der Waals surface area contributed by atoms with Crippen molar-refractivity contribution in [2.24, 2.45) is 0 Å². The van der Waals surface area contributed by atoms with E-state index < -0.39 is 11.6 Å². The lowest BCUT2D eigenvalue weighted by Crippen LogP contribution is -2.28. The molecule has 36 heavy (non-hydrogen) atoms. The van der Waals surface area contributed by atoms with E-state index in [4.69, 9.17) is 4.84 Å². The average Bonchev–Trinajstić information content (AvgIpc) is 3.24. The van der Waals surface area contributed by atoms with Crippen molar-refractivity contribution in [1.29, 1.82) is 0 Å². The van der Waals surface area contributed by atoms with Crippen LogP contribution in [0.4, 0.5) is 0 Å². The van der Waals surface area contributed by atoms with E-state index >= 15 is 0 Å². The van der Waals surface area contributed by atoms with Crippen LogP contribution in [0.5, 0.6) is 11.8 Å². The molecule has 0 radical (unpaired) electrons. The van der Waals surface area contributed by atoms with Gasteiger partial charge in [-0.1, -0.05) is 48.5 Å². The summed E-state index contributed by atoms with van der Waals surface area (Å²) in [5.41, 5.74) is 1.77. The van der Waals surface area contributed by atoms with E-state index in [1.165, 1.54) is 12.1 Å². The molecule has 4 rings (SSSR count). The second kappa shape index (κ2) is 11.2. The third-order valence-corrected chi connectivity index (χ3v) is 7.48. The molecule has 3 aromatic carbocycles. The minimum Gasteiger partial charge on any atom is -0.492 e. The molecular formula is C28H27NO5S2. The normalized spacial score (nSPS) is 11.4. The van der Waals surface area contributed by atoms with Gasteiger partial charge < -0.3 is 20.2 Å². The lowest BCUT2D eigenvalue weighted by Gasteiger charge is -2.30. The highest BCUT2D eigenvalue weighted by Gasteiger charge is 2.33. The van der Waals surface area contributed by atoms with Gasteiger partial charge in [0.1, 0.15) is 5.60 Å². The van der Waals surface area contributed by atoms with E-state index in [-0.39, 0.29) is 18.2 Å². The molecule has 0 bridgehead atoms. The van der Waals surface area contributed by atoms with Crippen molar-refractivity contribution in [3.8, 4) is 11.8 Å². The summed E-state index contributed by atoms with van der Waals surface area (Å²) >= 11 is 3.29. The highest BCUT2D eigenvalue weighted by atomic mass is 32.2. The van der Waals surface area contributed by atoms with Crippen LogP contribution in [0, 0.1) is 0 Å². The maximum absolute atomic E-state index is 12.2. The lowest BCUT2D eigenvalue weighted by molar-refractivity contribution is -0.145. The van der Waals surface area contributed by atoms with Crippen molar-refractivity contribution in [3.63, 3.8) is 0 Å². The Bertz CT molecular complexity index is 1250. The highest BCUT2D eigenvalue weighted by molar-refractivity contribution is 7.98. The number of hydrogen-bond donors (Lipinski definition) is 3. The number of hydrogen-bond acceptors (Lipinski definition) is 7. The first kappa shape index (κ1) is 25.8. The molecule has 0 spiro atoms. The first-order valence-electron chi connectivity index (χ1n) is 11.3. The summed E-state index contributed by atoms with van der Waals surface area (Å²) < 4.78 is 0.677. The van der Waals surface area contributed by atoms with Gasteiger partial charge in [0.05, 0.1) is 6.42 Å². The fourth-order valence-electron chi connectivity index (χ4n) is 3.97. The molecule has 6 nitrogen and oxygen atoms in total. The molecule has 8 heteroatoms. The Morgan fingerprint density at radius 3 is 1.58 bits per heavy atom. The molecule has 1 aromatic heterocycles. The zero-order chi connectivity index (χ0) is 25.7. The zero-order valence-electron chi connectivity index (χ0n) is 19.9. The number of aryl methyl sites for hydroxylation is 1. The minimum atomic E-state index is -1.35. The molecule has 0 unspecified atom stereocenters. The van der Waals surface area contributed by atoms with Crippen LogP contribution in [0.15, 0.2) is 94.7 Å². The Balaban J connectivity index is 1.56. The number of aromatic nitrogens is 1. The first-order chi connectivity index (χ1) is 17.3. The molecule has 3 N–H and O–H groups in total. The molecule has 0 saturated heterocycles. The minimum absolute atomic E-state index is 0.0486. The Morgan fingerprint density at radius 1 is 0.750 bits per heavy atom. The molecule has 4 aromatic rings. The van der Waals surface area contributed by atoms with E-state index in [9.17, 15) is 20.1 Å². The summed E-state index contributed by atoms with van der Waals surface area (Å²) in [7, 11) is 0. The van der Waals surface area contributed by atoms with Crippen molar-refractivity contribution < 1.29 is 25.0 Å². The van der Waals surface area contributed by atoms with Gasteiger partial charge in [0.25, 0.3) is 0 Å². The predicted molar refractivity (Wildman–Crippen MR) is 143 cm³/mol. The Morgan fingerprint density at radius 2 is 1.17 bits per heavy atom. The second-order valence-electron chi connectivity index (χ2n) is 8.17. The van der Waals surface area contributed by atoms with Gasteiger partial charge in [-0.3, -0.25) is 0 Å². The number of thioether (sulfide) groups is 2. The van der Waals surface area contributed by atoms with E-state index in [2.05, 4.69) is 0 Å². The maximum atomic E-state index is 12.2. The van der Waals surface area contributed by atoms with Crippen LogP contribution in [0.3, 0.4) is 0 Å². The number of benzene rings is 3. The topological polar surface area (TPSA) is 91.9 Å². The van der Waals surface area contributed by atoms with Crippen molar-refractivity contribution in [1.82, 2.24) is 4.73 Å². The van der Waals surface area contributed by atoms with Gasteiger partial charge in [-0.25, -0.2) is 4.79 Å². The zero-order valence-corrected chi connectivity index (χ0v) is 21.6. The number of carbonyl (C=O) groups is 1. The quantitative estimate of drug-likeness (QED) is 0.206. The van der Waals surface area contributed by atoms with Crippen LogP contribution in [-0.2, 0) is 16.8 Å². The number of aromatic hydroxyl groups is 2. The summed E-state index contributed by atoms with van der Waals surface area (Å²) in [6.07, 6.45) is 4.47. The fourth-order valence-corrected chi connectivity index (χ4v) is 4.78. The molecule has 0 aliphatic rings. The third kappa shape index (κ3) is 5.41. The standard InChI is InChI=1S/C28H27NO5S2/c1-35-23-12-8-21(9-13-23)28(33,22-10-14-24(36-2)15-11-22)20-6-3-19(4-7-20)5-18-27(32)34-29-25(30)16-17-26(29)31/h3-4,6-17,30-31,33H,5,18H2,1-2H3. The van der Waals surface area contributed by atoms with Crippen LogP contribution in [0.1, 0.15) is 28.7 Å². The molecule has 0 atom stereocenters. The number of aliphatic hydroxyl groups is 1. The van der Waals surface area contributed by atoms with Crippen molar-refractivity contribution >= 4 is 29.5 Å². The van der Waals surface area contributed by atoms with E-state index in [0.29, 0.717) is 16.7 Å². The number of carbonyl (C=O) groups excluding carboxylic acids is 1. The Labute approximate surface area is 218 Å². The van der Waals surface area contributed by atoms with Crippen molar-refractivity contribution in [3.05, 3.63) is 107 Å². The van der Waals surface area contributed by atoms with Gasteiger partial charge in [0, 0.05) is 21.9 Å². The SMILES string of the molecule is CSc1ccc(C(O)(c2ccc(CCC(=O)On3c(O)ccc3O)cc2)c2ccc(SC)cc2)cc1. The lowest BCUT2D eigenvalue weighted by atomic mass is 9.80. The van der Waals surface area contributed by atoms with Crippen LogP contribution < -0.4 is 4.84 Å².